The van der Waals surface area contributed by atoms with Crippen LogP contribution in [0.3, 0.4) is 0 Å². The molecule has 0 saturated carbocycles. The van der Waals surface area contributed by atoms with Crippen molar-refractivity contribution in [1.82, 2.24) is 10.2 Å². The lowest BCUT2D eigenvalue weighted by Crippen LogP contribution is -2.42. The van der Waals surface area contributed by atoms with Crippen LogP contribution in [-0.4, -0.2) is 30.6 Å². The van der Waals surface area contributed by atoms with Crippen molar-refractivity contribution in [3.05, 3.63) is 35.4 Å². The molecular weight excluding hydrogens is 256 g/mol. The Bertz CT molecular complexity index is 421. The fraction of sp³-hybridized carbons (Fsp3) is 0.684. The Morgan fingerprint density at radius 2 is 1.86 bits per heavy atom. The molecule has 0 radical (unpaired) electrons. The fourth-order valence-corrected chi connectivity index (χ4v) is 3.69. The second-order valence-electron chi connectivity index (χ2n) is 6.71. The lowest BCUT2D eigenvalue weighted by atomic mass is 9.89. The van der Waals surface area contributed by atoms with E-state index in [2.05, 4.69) is 62.2 Å². The van der Waals surface area contributed by atoms with E-state index in [1.165, 1.54) is 50.0 Å². The minimum Gasteiger partial charge on any atom is -0.307 e. The quantitative estimate of drug-likeness (QED) is 0.845. The zero-order valence-corrected chi connectivity index (χ0v) is 14.2. The standard InChI is InChI=1S/C19H32N2/c1-5-12-21-13-10-18(11-14-21)16(3)20-17(4)19-9-7-6-8-15(19)2/h6-9,16-18,20H,5,10-14H2,1-4H3. The van der Waals surface area contributed by atoms with Gasteiger partial charge in [0.2, 0.25) is 0 Å². The van der Waals surface area contributed by atoms with Crippen molar-refractivity contribution < 1.29 is 0 Å². The number of benzene rings is 1. The van der Waals surface area contributed by atoms with Crippen LogP contribution in [0.2, 0.25) is 0 Å². The minimum absolute atomic E-state index is 0.440. The number of rotatable bonds is 6. The molecule has 2 nitrogen and oxygen atoms in total. The number of aryl methyl sites for hydroxylation is 1. The lowest BCUT2D eigenvalue weighted by molar-refractivity contribution is 0.159. The van der Waals surface area contributed by atoms with Crippen molar-refractivity contribution in [2.75, 3.05) is 19.6 Å². The first kappa shape index (κ1) is 16.5. The molecule has 1 aromatic carbocycles. The van der Waals surface area contributed by atoms with Gasteiger partial charge in [-0.05, 0) is 76.7 Å². The van der Waals surface area contributed by atoms with Gasteiger partial charge < -0.3 is 10.2 Å². The molecule has 0 aliphatic carbocycles. The molecular formula is C19H32N2. The highest BCUT2D eigenvalue weighted by Crippen LogP contribution is 2.24. The van der Waals surface area contributed by atoms with Crippen molar-refractivity contribution in [3.8, 4) is 0 Å². The first-order valence-corrected chi connectivity index (χ1v) is 8.65. The minimum atomic E-state index is 0.440. The van der Waals surface area contributed by atoms with E-state index in [-0.39, 0.29) is 0 Å². The Morgan fingerprint density at radius 1 is 1.19 bits per heavy atom. The van der Waals surface area contributed by atoms with Gasteiger partial charge in [-0.1, -0.05) is 31.2 Å². The van der Waals surface area contributed by atoms with Gasteiger partial charge in [-0.2, -0.15) is 0 Å². The largest absolute Gasteiger partial charge is 0.307 e. The van der Waals surface area contributed by atoms with Crippen LogP contribution in [0.15, 0.2) is 24.3 Å². The summed E-state index contributed by atoms with van der Waals surface area (Å²) in [5.74, 6) is 0.824. The number of hydrogen-bond donors (Lipinski definition) is 1. The number of hydrogen-bond acceptors (Lipinski definition) is 2. The SMILES string of the molecule is CCCN1CCC(C(C)NC(C)c2ccccc2C)CC1. The van der Waals surface area contributed by atoms with E-state index in [0.717, 1.165) is 5.92 Å². The van der Waals surface area contributed by atoms with Crippen LogP contribution in [0.5, 0.6) is 0 Å². The Morgan fingerprint density at radius 3 is 2.48 bits per heavy atom. The Hall–Kier alpha value is -0.860. The van der Waals surface area contributed by atoms with E-state index in [4.69, 9.17) is 0 Å². The van der Waals surface area contributed by atoms with Crippen LogP contribution in [-0.2, 0) is 0 Å². The molecule has 0 amide bonds. The van der Waals surface area contributed by atoms with Crippen LogP contribution >= 0.6 is 0 Å². The third-order valence-corrected chi connectivity index (χ3v) is 5.05. The maximum atomic E-state index is 3.83. The summed E-state index contributed by atoms with van der Waals surface area (Å²) in [6, 6.07) is 9.77. The van der Waals surface area contributed by atoms with Gasteiger partial charge in [0.1, 0.15) is 0 Å². The third kappa shape index (κ3) is 4.55. The number of nitrogens with zero attached hydrogens (tertiary/aromatic N) is 1. The van der Waals surface area contributed by atoms with E-state index >= 15 is 0 Å². The Labute approximate surface area is 130 Å². The molecule has 118 valence electrons. The molecule has 1 fully saturated rings. The second kappa shape index (κ2) is 7.95. The summed E-state index contributed by atoms with van der Waals surface area (Å²) in [6.45, 7) is 13.0. The summed E-state index contributed by atoms with van der Waals surface area (Å²) < 4.78 is 0. The molecule has 1 saturated heterocycles. The van der Waals surface area contributed by atoms with Crippen LogP contribution in [0.1, 0.15) is 57.2 Å². The number of piperidine rings is 1. The summed E-state index contributed by atoms with van der Waals surface area (Å²) in [4.78, 5) is 2.62. The molecule has 0 spiro atoms. The summed E-state index contributed by atoms with van der Waals surface area (Å²) in [5, 5.41) is 3.83. The van der Waals surface area contributed by atoms with Gasteiger partial charge in [0.25, 0.3) is 0 Å². The molecule has 0 aromatic heterocycles. The van der Waals surface area contributed by atoms with E-state index in [0.29, 0.717) is 12.1 Å². The summed E-state index contributed by atoms with van der Waals surface area (Å²) >= 11 is 0. The zero-order chi connectivity index (χ0) is 15.2. The summed E-state index contributed by atoms with van der Waals surface area (Å²) in [7, 11) is 0. The topological polar surface area (TPSA) is 15.3 Å². The smallest absolute Gasteiger partial charge is 0.0296 e. The van der Waals surface area contributed by atoms with Gasteiger partial charge in [-0.15, -0.1) is 0 Å². The fourth-order valence-electron chi connectivity index (χ4n) is 3.69. The molecule has 21 heavy (non-hydrogen) atoms. The van der Waals surface area contributed by atoms with Gasteiger partial charge in [0.15, 0.2) is 0 Å². The predicted molar refractivity (Wildman–Crippen MR) is 91.6 cm³/mol. The van der Waals surface area contributed by atoms with E-state index < -0.39 is 0 Å². The highest BCUT2D eigenvalue weighted by molar-refractivity contribution is 5.28. The molecule has 1 heterocycles. The zero-order valence-electron chi connectivity index (χ0n) is 14.2. The molecule has 2 atom stereocenters. The average Bonchev–Trinajstić information content (AvgIpc) is 2.48. The van der Waals surface area contributed by atoms with Gasteiger partial charge in [0, 0.05) is 12.1 Å². The maximum Gasteiger partial charge on any atom is 0.0296 e. The number of nitrogens with one attached hydrogen (secondary N) is 1. The molecule has 1 aromatic rings. The van der Waals surface area contributed by atoms with Gasteiger partial charge in [-0.25, -0.2) is 0 Å². The first-order valence-electron chi connectivity index (χ1n) is 8.65. The van der Waals surface area contributed by atoms with Crippen LogP contribution in [0, 0.1) is 12.8 Å². The van der Waals surface area contributed by atoms with E-state index in [9.17, 15) is 0 Å². The van der Waals surface area contributed by atoms with E-state index in [1.54, 1.807) is 0 Å². The van der Waals surface area contributed by atoms with Crippen molar-refractivity contribution in [2.45, 2.75) is 59.0 Å². The highest BCUT2D eigenvalue weighted by Gasteiger charge is 2.24. The first-order chi connectivity index (χ1) is 10.1. The summed E-state index contributed by atoms with van der Waals surface area (Å²) in [6.07, 6.45) is 3.96. The lowest BCUT2D eigenvalue weighted by Gasteiger charge is -2.36. The van der Waals surface area contributed by atoms with Gasteiger partial charge in [-0.3, -0.25) is 0 Å². The Kier molecular flexibility index (Phi) is 6.25. The monoisotopic (exact) mass is 288 g/mol. The normalized spacial score (nSPS) is 20.4. The molecule has 1 aliphatic rings. The summed E-state index contributed by atoms with van der Waals surface area (Å²) in [5.41, 5.74) is 2.83. The van der Waals surface area contributed by atoms with E-state index in [1.807, 2.05) is 0 Å². The number of likely N-dealkylation sites (tertiary alicyclic amines) is 1. The second-order valence-corrected chi connectivity index (χ2v) is 6.71. The molecule has 2 rings (SSSR count). The molecule has 2 heteroatoms. The maximum absolute atomic E-state index is 3.83. The van der Waals surface area contributed by atoms with Gasteiger partial charge in [0.05, 0.1) is 0 Å². The van der Waals surface area contributed by atoms with Crippen LogP contribution < -0.4 is 5.32 Å². The molecule has 2 unspecified atom stereocenters. The van der Waals surface area contributed by atoms with Crippen molar-refractivity contribution in [2.24, 2.45) is 5.92 Å². The highest BCUT2D eigenvalue weighted by atomic mass is 15.1. The van der Waals surface area contributed by atoms with Crippen molar-refractivity contribution >= 4 is 0 Å². The average molecular weight is 288 g/mol. The third-order valence-electron chi connectivity index (χ3n) is 5.05. The van der Waals surface area contributed by atoms with Crippen molar-refractivity contribution in [3.63, 3.8) is 0 Å². The predicted octanol–water partition coefficient (Wildman–Crippen LogP) is 4.16. The molecule has 0 bridgehead atoms. The van der Waals surface area contributed by atoms with Crippen LogP contribution in [0.25, 0.3) is 0 Å². The Balaban J connectivity index is 1.84. The molecule has 1 N–H and O–H groups in total. The molecule has 1 aliphatic heterocycles. The van der Waals surface area contributed by atoms with Gasteiger partial charge >= 0.3 is 0 Å². The van der Waals surface area contributed by atoms with Crippen molar-refractivity contribution in [1.29, 1.82) is 0 Å². The van der Waals surface area contributed by atoms with Crippen LogP contribution in [0.4, 0.5) is 0 Å².